The molecule has 170 valence electrons. The molecule has 0 radical (unpaired) electrons. The van der Waals surface area contributed by atoms with Gasteiger partial charge in [-0.1, -0.05) is 12.1 Å². The van der Waals surface area contributed by atoms with Crippen LogP contribution >= 0.6 is 0 Å². The molecule has 0 atom stereocenters. The molecule has 1 N–H and O–H groups in total. The summed E-state index contributed by atoms with van der Waals surface area (Å²) in [5.74, 6) is 0.546. The number of amides is 2. The molecular formula is C24H28N2O6. The second-order valence-electron chi connectivity index (χ2n) is 7.51. The zero-order chi connectivity index (χ0) is 22.9. The second-order valence-corrected chi connectivity index (χ2v) is 7.51. The summed E-state index contributed by atoms with van der Waals surface area (Å²) < 4.78 is 15.8. The maximum absolute atomic E-state index is 12.5. The van der Waals surface area contributed by atoms with Gasteiger partial charge in [0.25, 0.3) is 5.91 Å². The average Bonchev–Trinajstić information content (AvgIpc) is 2.78. The summed E-state index contributed by atoms with van der Waals surface area (Å²) in [6, 6.07) is 13.0. The summed E-state index contributed by atoms with van der Waals surface area (Å²) in [5.41, 5.74) is 2.29. The van der Waals surface area contributed by atoms with Gasteiger partial charge in [0.1, 0.15) is 11.5 Å². The Hall–Kier alpha value is -3.55. The lowest BCUT2D eigenvalue weighted by atomic mass is 10.2. The van der Waals surface area contributed by atoms with Gasteiger partial charge >= 0.3 is 5.97 Å². The van der Waals surface area contributed by atoms with Crippen molar-refractivity contribution >= 4 is 29.2 Å². The molecule has 32 heavy (non-hydrogen) atoms. The number of benzene rings is 2. The van der Waals surface area contributed by atoms with E-state index in [2.05, 4.69) is 10.1 Å². The van der Waals surface area contributed by atoms with Crippen LogP contribution in [0.1, 0.15) is 31.2 Å². The molecule has 2 amide bonds. The fourth-order valence-corrected chi connectivity index (χ4v) is 3.33. The van der Waals surface area contributed by atoms with E-state index in [1.54, 1.807) is 23.1 Å². The zero-order valence-electron chi connectivity index (χ0n) is 18.4. The molecule has 0 aliphatic carbocycles. The Morgan fingerprint density at radius 3 is 2.75 bits per heavy atom. The van der Waals surface area contributed by atoms with Crippen molar-refractivity contribution in [1.29, 1.82) is 0 Å². The summed E-state index contributed by atoms with van der Waals surface area (Å²) in [6.45, 7) is 3.08. The highest BCUT2D eigenvalue weighted by Gasteiger charge is 2.25. The Kier molecular flexibility index (Phi) is 8.08. The minimum absolute atomic E-state index is 0.00557. The van der Waals surface area contributed by atoms with Crippen LogP contribution in [-0.4, -0.2) is 44.7 Å². The second kappa shape index (κ2) is 11.2. The first-order chi connectivity index (χ1) is 15.5. The number of hydrogen-bond acceptors (Lipinski definition) is 6. The van der Waals surface area contributed by atoms with E-state index in [0.717, 1.165) is 24.2 Å². The highest BCUT2D eigenvalue weighted by atomic mass is 16.5. The summed E-state index contributed by atoms with van der Waals surface area (Å²) in [5, 5.41) is 2.75. The van der Waals surface area contributed by atoms with E-state index < -0.39 is 5.97 Å². The molecule has 2 aromatic carbocycles. The molecule has 1 heterocycles. The molecule has 2 aromatic rings. The number of carbonyl (C=O) groups is 3. The molecule has 1 aliphatic rings. The number of methoxy groups -OCH3 is 1. The van der Waals surface area contributed by atoms with Gasteiger partial charge in [-0.05, 0) is 55.7 Å². The van der Waals surface area contributed by atoms with Crippen molar-refractivity contribution in [3.05, 3.63) is 48.0 Å². The van der Waals surface area contributed by atoms with Crippen LogP contribution in [0.5, 0.6) is 11.5 Å². The molecule has 0 saturated heterocycles. The van der Waals surface area contributed by atoms with Gasteiger partial charge in [0.15, 0.2) is 6.61 Å². The lowest BCUT2D eigenvalue weighted by molar-refractivity contribution is -0.141. The van der Waals surface area contributed by atoms with E-state index in [4.69, 9.17) is 9.47 Å². The van der Waals surface area contributed by atoms with Crippen molar-refractivity contribution in [2.75, 3.05) is 37.1 Å². The molecule has 0 bridgehead atoms. The third-order valence-electron chi connectivity index (χ3n) is 5.00. The lowest BCUT2D eigenvalue weighted by Gasteiger charge is -2.30. The van der Waals surface area contributed by atoms with Crippen LogP contribution in [0.15, 0.2) is 42.5 Å². The van der Waals surface area contributed by atoms with Gasteiger partial charge < -0.3 is 24.4 Å². The third kappa shape index (κ3) is 6.47. The SMILES string of the molecule is COC(=O)CCC(=O)Nc1ccc2c(c1)N(CCCCOc1cccc(C)c1)C(=O)CO2. The van der Waals surface area contributed by atoms with Gasteiger partial charge in [-0.15, -0.1) is 0 Å². The van der Waals surface area contributed by atoms with Crippen molar-refractivity contribution in [2.24, 2.45) is 0 Å². The van der Waals surface area contributed by atoms with Crippen molar-refractivity contribution in [1.82, 2.24) is 0 Å². The molecule has 0 spiro atoms. The monoisotopic (exact) mass is 440 g/mol. The third-order valence-corrected chi connectivity index (χ3v) is 5.00. The fraction of sp³-hybridized carbons (Fsp3) is 0.375. The van der Waals surface area contributed by atoms with Crippen LogP contribution in [0.25, 0.3) is 0 Å². The molecule has 0 unspecified atom stereocenters. The summed E-state index contributed by atoms with van der Waals surface area (Å²) >= 11 is 0. The summed E-state index contributed by atoms with van der Waals surface area (Å²) in [7, 11) is 1.28. The van der Waals surface area contributed by atoms with Gasteiger partial charge in [-0.3, -0.25) is 14.4 Å². The first kappa shape index (κ1) is 23.1. The zero-order valence-corrected chi connectivity index (χ0v) is 18.4. The maximum Gasteiger partial charge on any atom is 0.306 e. The Morgan fingerprint density at radius 2 is 1.97 bits per heavy atom. The largest absolute Gasteiger partial charge is 0.494 e. The Morgan fingerprint density at radius 1 is 1.12 bits per heavy atom. The number of aryl methyl sites for hydroxylation is 1. The Bertz CT molecular complexity index is 975. The van der Waals surface area contributed by atoms with Gasteiger partial charge in [0.05, 0.1) is 25.8 Å². The van der Waals surface area contributed by atoms with Crippen molar-refractivity contribution in [3.8, 4) is 11.5 Å². The van der Waals surface area contributed by atoms with Gasteiger partial charge in [-0.2, -0.15) is 0 Å². The van der Waals surface area contributed by atoms with Crippen LogP contribution in [-0.2, 0) is 19.1 Å². The van der Waals surface area contributed by atoms with E-state index in [1.165, 1.54) is 7.11 Å². The molecule has 0 fully saturated rings. The number of rotatable bonds is 10. The lowest BCUT2D eigenvalue weighted by Crippen LogP contribution is -2.39. The number of fused-ring (bicyclic) bond motifs is 1. The number of unbranched alkanes of at least 4 members (excludes halogenated alkanes) is 1. The molecular weight excluding hydrogens is 412 g/mol. The van der Waals surface area contributed by atoms with Crippen LogP contribution < -0.4 is 19.7 Å². The van der Waals surface area contributed by atoms with Crippen LogP contribution in [0, 0.1) is 6.92 Å². The summed E-state index contributed by atoms with van der Waals surface area (Å²) in [4.78, 5) is 37.4. The number of nitrogens with one attached hydrogen (secondary N) is 1. The maximum atomic E-state index is 12.5. The molecule has 8 nitrogen and oxygen atoms in total. The highest BCUT2D eigenvalue weighted by molar-refractivity contribution is 5.99. The first-order valence-electron chi connectivity index (χ1n) is 10.6. The minimum Gasteiger partial charge on any atom is -0.494 e. The van der Waals surface area contributed by atoms with Gasteiger partial charge in [0.2, 0.25) is 5.91 Å². The Balaban J connectivity index is 1.54. The van der Waals surface area contributed by atoms with Crippen molar-refractivity contribution in [2.45, 2.75) is 32.6 Å². The molecule has 0 aromatic heterocycles. The number of nitrogens with zero attached hydrogens (tertiary/aromatic N) is 1. The molecule has 8 heteroatoms. The van der Waals surface area contributed by atoms with E-state index >= 15 is 0 Å². The van der Waals surface area contributed by atoms with E-state index in [0.29, 0.717) is 30.3 Å². The van der Waals surface area contributed by atoms with Gasteiger partial charge in [-0.25, -0.2) is 0 Å². The van der Waals surface area contributed by atoms with Crippen LogP contribution in [0.3, 0.4) is 0 Å². The summed E-state index contributed by atoms with van der Waals surface area (Å²) in [6.07, 6.45) is 1.57. The van der Waals surface area contributed by atoms with Crippen molar-refractivity contribution < 1.29 is 28.6 Å². The van der Waals surface area contributed by atoms with E-state index in [-0.39, 0.29) is 31.3 Å². The number of anilines is 2. The van der Waals surface area contributed by atoms with Crippen LogP contribution in [0.4, 0.5) is 11.4 Å². The predicted molar refractivity (Wildman–Crippen MR) is 120 cm³/mol. The van der Waals surface area contributed by atoms with Crippen molar-refractivity contribution in [3.63, 3.8) is 0 Å². The standard InChI is InChI=1S/C24H28N2O6/c1-17-6-5-7-19(14-17)31-13-4-3-12-26-20-15-18(8-9-21(20)32-16-23(26)28)25-22(27)10-11-24(29)30-2/h5-9,14-15H,3-4,10-13,16H2,1-2H3,(H,25,27). The van der Waals surface area contributed by atoms with Gasteiger partial charge in [0, 0.05) is 18.7 Å². The molecule has 3 rings (SSSR count). The topological polar surface area (TPSA) is 94.2 Å². The average molecular weight is 440 g/mol. The van der Waals surface area contributed by atoms with Crippen LogP contribution in [0.2, 0.25) is 0 Å². The predicted octanol–water partition coefficient (Wildman–Crippen LogP) is 3.47. The smallest absolute Gasteiger partial charge is 0.306 e. The highest BCUT2D eigenvalue weighted by Crippen LogP contribution is 2.34. The Labute approximate surface area is 187 Å². The number of hydrogen-bond donors (Lipinski definition) is 1. The van der Waals surface area contributed by atoms with E-state index in [1.807, 2.05) is 31.2 Å². The number of carbonyl (C=O) groups excluding carboxylic acids is 3. The minimum atomic E-state index is -0.442. The molecule has 0 saturated carbocycles. The number of esters is 1. The quantitative estimate of drug-likeness (QED) is 0.449. The fourth-order valence-electron chi connectivity index (χ4n) is 3.33. The van der Waals surface area contributed by atoms with E-state index in [9.17, 15) is 14.4 Å². The normalized spacial score (nSPS) is 12.6. The first-order valence-corrected chi connectivity index (χ1v) is 10.6. The number of ether oxygens (including phenoxy) is 3. The molecule has 1 aliphatic heterocycles.